The standard InChI is InChI=1S/C14H15ClFN3O/c15-7-6-12-18-14-10(16)2-1-3-11(14)19(12)8-13(20)17-9-4-5-9/h1-3,9H,4-8H2,(H,17,20). The van der Waals surface area contributed by atoms with Crippen LogP contribution < -0.4 is 5.32 Å². The van der Waals surface area contributed by atoms with Gasteiger partial charge in [-0.2, -0.15) is 0 Å². The van der Waals surface area contributed by atoms with E-state index in [0.29, 0.717) is 35.2 Å². The van der Waals surface area contributed by atoms with Gasteiger partial charge in [0.25, 0.3) is 0 Å². The molecule has 1 aliphatic carbocycles. The summed E-state index contributed by atoms with van der Waals surface area (Å²) in [5.74, 6) is 0.590. The largest absolute Gasteiger partial charge is 0.352 e. The monoisotopic (exact) mass is 295 g/mol. The van der Waals surface area contributed by atoms with Crippen molar-refractivity contribution < 1.29 is 9.18 Å². The van der Waals surface area contributed by atoms with E-state index in [1.165, 1.54) is 6.07 Å². The minimum atomic E-state index is -0.375. The second-order valence-electron chi connectivity index (χ2n) is 5.00. The molecule has 0 saturated heterocycles. The Morgan fingerprint density at radius 1 is 1.50 bits per heavy atom. The van der Waals surface area contributed by atoms with Crippen LogP contribution in [0.4, 0.5) is 4.39 Å². The Kier molecular flexibility index (Phi) is 3.61. The van der Waals surface area contributed by atoms with Crippen molar-refractivity contribution in [2.45, 2.75) is 31.8 Å². The van der Waals surface area contributed by atoms with Gasteiger partial charge in [0, 0.05) is 18.3 Å². The minimum absolute atomic E-state index is 0.0631. The average molecular weight is 296 g/mol. The summed E-state index contributed by atoms with van der Waals surface area (Å²) in [5.41, 5.74) is 0.933. The van der Waals surface area contributed by atoms with Gasteiger partial charge in [-0.1, -0.05) is 6.07 Å². The number of imidazole rings is 1. The van der Waals surface area contributed by atoms with Crippen LogP contribution in [0.3, 0.4) is 0 Å². The topological polar surface area (TPSA) is 46.9 Å². The zero-order chi connectivity index (χ0) is 14.1. The molecular formula is C14H15ClFN3O. The van der Waals surface area contributed by atoms with E-state index in [9.17, 15) is 9.18 Å². The summed E-state index contributed by atoms with van der Waals surface area (Å²) >= 11 is 5.76. The van der Waals surface area contributed by atoms with Crippen molar-refractivity contribution in [3.63, 3.8) is 0 Å². The van der Waals surface area contributed by atoms with Crippen LogP contribution in [0.25, 0.3) is 11.0 Å². The Bertz CT molecular complexity index is 651. The van der Waals surface area contributed by atoms with Crippen molar-refractivity contribution in [2.24, 2.45) is 0 Å². The molecule has 0 bridgehead atoms. The fraction of sp³-hybridized carbons (Fsp3) is 0.429. The number of aryl methyl sites for hydroxylation is 1. The Hall–Kier alpha value is -1.62. The predicted molar refractivity (Wildman–Crippen MR) is 75.3 cm³/mol. The number of hydrogen-bond donors (Lipinski definition) is 1. The molecule has 106 valence electrons. The summed E-state index contributed by atoms with van der Waals surface area (Å²) in [4.78, 5) is 16.2. The number of aromatic nitrogens is 2. The van der Waals surface area contributed by atoms with Gasteiger partial charge >= 0.3 is 0 Å². The third kappa shape index (κ3) is 2.63. The fourth-order valence-electron chi connectivity index (χ4n) is 2.26. The second kappa shape index (κ2) is 5.40. The molecule has 0 unspecified atom stereocenters. The highest BCUT2D eigenvalue weighted by Crippen LogP contribution is 2.21. The number of amides is 1. The molecule has 1 aromatic heterocycles. The molecule has 1 amide bonds. The highest BCUT2D eigenvalue weighted by Gasteiger charge is 2.24. The van der Waals surface area contributed by atoms with E-state index in [1.807, 2.05) is 0 Å². The van der Waals surface area contributed by atoms with Crippen molar-refractivity contribution in [3.8, 4) is 0 Å². The maximum absolute atomic E-state index is 13.8. The molecule has 6 heteroatoms. The number of para-hydroxylation sites is 1. The van der Waals surface area contributed by atoms with Gasteiger partial charge in [0.05, 0.1) is 5.52 Å². The SMILES string of the molecule is O=C(Cn1c(CCCl)nc2c(F)cccc21)NC1CC1. The number of benzene rings is 1. The molecule has 1 fully saturated rings. The molecule has 4 nitrogen and oxygen atoms in total. The minimum Gasteiger partial charge on any atom is -0.352 e. The summed E-state index contributed by atoms with van der Waals surface area (Å²) in [6, 6.07) is 5.08. The lowest BCUT2D eigenvalue weighted by Gasteiger charge is -2.08. The lowest BCUT2D eigenvalue weighted by molar-refractivity contribution is -0.121. The van der Waals surface area contributed by atoms with Gasteiger partial charge in [0.1, 0.15) is 17.9 Å². The Balaban J connectivity index is 1.95. The van der Waals surface area contributed by atoms with Crippen LogP contribution in [0.2, 0.25) is 0 Å². The first-order valence-electron chi connectivity index (χ1n) is 6.68. The van der Waals surface area contributed by atoms with Crippen LogP contribution in [-0.4, -0.2) is 27.4 Å². The van der Waals surface area contributed by atoms with Crippen LogP contribution in [0.15, 0.2) is 18.2 Å². The normalized spacial score (nSPS) is 14.7. The number of carbonyl (C=O) groups excluding carboxylic acids is 1. The molecule has 2 aromatic rings. The smallest absolute Gasteiger partial charge is 0.240 e. The highest BCUT2D eigenvalue weighted by molar-refractivity contribution is 6.17. The number of alkyl halides is 1. The van der Waals surface area contributed by atoms with Gasteiger partial charge in [-0.25, -0.2) is 9.37 Å². The number of nitrogens with one attached hydrogen (secondary N) is 1. The maximum Gasteiger partial charge on any atom is 0.240 e. The van der Waals surface area contributed by atoms with Crippen LogP contribution in [-0.2, 0) is 17.8 Å². The van der Waals surface area contributed by atoms with Gasteiger partial charge < -0.3 is 9.88 Å². The average Bonchev–Trinajstić information content (AvgIpc) is 3.15. The van der Waals surface area contributed by atoms with Crippen molar-refractivity contribution in [1.29, 1.82) is 0 Å². The number of nitrogens with zero attached hydrogens (tertiary/aromatic N) is 2. The second-order valence-corrected chi connectivity index (χ2v) is 5.38. The molecule has 0 atom stereocenters. The van der Waals surface area contributed by atoms with Crippen molar-refractivity contribution in [2.75, 3.05) is 5.88 Å². The number of rotatable bonds is 5. The van der Waals surface area contributed by atoms with E-state index in [0.717, 1.165) is 12.8 Å². The first-order valence-corrected chi connectivity index (χ1v) is 7.21. The zero-order valence-corrected chi connectivity index (χ0v) is 11.7. The lowest BCUT2D eigenvalue weighted by atomic mass is 10.3. The summed E-state index contributed by atoms with van der Waals surface area (Å²) in [6.07, 6.45) is 2.59. The summed E-state index contributed by atoms with van der Waals surface area (Å²) in [6.45, 7) is 0.155. The van der Waals surface area contributed by atoms with E-state index >= 15 is 0 Å². The summed E-state index contributed by atoms with van der Waals surface area (Å²) < 4.78 is 15.5. The van der Waals surface area contributed by atoms with Crippen LogP contribution in [0, 0.1) is 5.82 Å². The van der Waals surface area contributed by atoms with Crippen molar-refractivity contribution in [1.82, 2.24) is 14.9 Å². The molecule has 0 aliphatic heterocycles. The first-order chi connectivity index (χ1) is 9.69. The number of fused-ring (bicyclic) bond motifs is 1. The van der Waals surface area contributed by atoms with Crippen molar-refractivity contribution in [3.05, 3.63) is 29.8 Å². The van der Waals surface area contributed by atoms with Gasteiger partial charge in [0.15, 0.2) is 5.82 Å². The van der Waals surface area contributed by atoms with E-state index in [-0.39, 0.29) is 18.3 Å². The van der Waals surface area contributed by atoms with E-state index in [2.05, 4.69) is 10.3 Å². The Morgan fingerprint density at radius 3 is 3.00 bits per heavy atom. The highest BCUT2D eigenvalue weighted by atomic mass is 35.5. The quantitative estimate of drug-likeness (QED) is 0.860. The third-order valence-corrected chi connectivity index (χ3v) is 3.56. The summed E-state index contributed by atoms with van der Waals surface area (Å²) in [7, 11) is 0. The molecular weight excluding hydrogens is 281 g/mol. The molecule has 1 aliphatic rings. The molecule has 1 heterocycles. The molecule has 3 rings (SSSR count). The van der Waals surface area contributed by atoms with Crippen LogP contribution in [0.5, 0.6) is 0 Å². The fourth-order valence-corrected chi connectivity index (χ4v) is 2.43. The van der Waals surface area contributed by atoms with Gasteiger partial charge in [-0.05, 0) is 25.0 Å². The van der Waals surface area contributed by atoms with Gasteiger partial charge in [-0.15, -0.1) is 11.6 Å². The lowest BCUT2D eigenvalue weighted by Crippen LogP contribution is -2.29. The van der Waals surface area contributed by atoms with Crippen molar-refractivity contribution >= 4 is 28.5 Å². The van der Waals surface area contributed by atoms with Gasteiger partial charge in [0.2, 0.25) is 5.91 Å². The van der Waals surface area contributed by atoms with Crippen LogP contribution in [0.1, 0.15) is 18.7 Å². The Morgan fingerprint density at radius 2 is 2.30 bits per heavy atom. The third-order valence-electron chi connectivity index (χ3n) is 3.37. The number of carbonyl (C=O) groups is 1. The first kappa shape index (κ1) is 13.4. The number of halogens is 2. The van der Waals surface area contributed by atoms with E-state index < -0.39 is 0 Å². The molecule has 1 N–H and O–H groups in total. The van der Waals surface area contributed by atoms with Gasteiger partial charge in [-0.3, -0.25) is 4.79 Å². The number of hydrogen-bond acceptors (Lipinski definition) is 2. The zero-order valence-electron chi connectivity index (χ0n) is 10.9. The molecule has 0 spiro atoms. The Labute approximate surface area is 120 Å². The molecule has 20 heavy (non-hydrogen) atoms. The maximum atomic E-state index is 13.8. The van der Waals surface area contributed by atoms with E-state index in [4.69, 9.17) is 11.6 Å². The van der Waals surface area contributed by atoms with E-state index in [1.54, 1.807) is 16.7 Å². The van der Waals surface area contributed by atoms with Crippen LogP contribution >= 0.6 is 11.6 Å². The molecule has 1 aromatic carbocycles. The molecule has 1 saturated carbocycles. The predicted octanol–water partition coefficient (Wildman–Crippen LogP) is 2.24. The molecule has 0 radical (unpaired) electrons. The summed E-state index contributed by atoms with van der Waals surface area (Å²) in [5, 5.41) is 2.93.